The van der Waals surface area contributed by atoms with Crippen molar-refractivity contribution in [1.82, 2.24) is 15.1 Å². The number of carboxylic acid groups (broad SMARTS) is 1. The minimum Gasteiger partial charge on any atom is -0.465 e. The molecule has 2 aliphatic rings. The summed E-state index contributed by atoms with van der Waals surface area (Å²) in [5.74, 6) is 0.872. The van der Waals surface area contributed by atoms with Crippen LogP contribution in [-0.2, 0) is 12.8 Å². The molecule has 6 nitrogen and oxygen atoms in total. The maximum Gasteiger partial charge on any atom is 0.407 e. The van der Waals surface area contributed by atoms with Gasteiger partial charge in [0, 0.05) is 31.7 Å². The predicted molar refractivity (Wildman–Crippen MR) is 84.7 cm³/mol. The number of hydrogen-bond acceptors (Lipinski definition) is 4. The first-order chi connectivity index (χ1) is 10.6. The zero-order valence-corrected chi connectivity index (χ0v) is 13.5. The summed E-state index contributed by atoms with van der Waals surface area (Å²) in [6.45, 7) is 1.13. The third-order valence-electron chi connectivity index (χ3n) is 4.77. The van der Waals surface area contributed by atoms with Crippen LogP contribution in [0.3, 0.4) is 0 Å². The highest BCUT2D eigenvalue weighted by Crippen LogP contribution is 2.33. The van der Waals surface area contributed by atoms with Gasteiger partial charge in [0.1, 0.15) is 0 Å². The highest BCUT2D eigenvalue weighted by atomic mass is 35.5. The Balaban J connectivity index is 1.86. The van der Waals surface area contributed by atoms with E-state index < -0.39 is 6.09 Å². The maximum absolute atomic E-state index is 11.2. The molecule has 3 rings (SSSR count). The number of halogens is 1. The van der Waals surface area contributed by atoms with E-state index in [0.29, 0.717) is 18.2 Å². The molecule has 2 heterocycles. The molecule has 1 saturated heterocycles. The Morgan fingerprint density at radius 3 is 2.73 bits per heavy atom. The minimum atomic E-state index is -0.845. The zero-order chi connectivity index (χ0) is 15.7. The van der Waals surface area contributed by atoms with Crippen molar-refractivity contribution >= 4 is 23.5 Å². The summed E-state index contributed by atoms with van der Waals surface area (Å²) in [4.78, 5) is 14.8. The summed E-state index contributed by atoms with van der Waals surface area (Å²) < 4.78 is 0. The van der Waals surface area contributed by atoms with Gasteiger partial charge in [-0.2, -0.15) is 0 Å². The summed E-state index contributed by atoms with van der Waals surface area (Å²) in [6.07, 6.45) is 5.21. The van der Waals surface area contributed by atoms with Crippen LogP contribution in [0.5, 0.6) is 0 Å². The molecule has 0 unspecified atom stereocenters. The SMILES string of the molecule is CN(c1nnc(Cl)c2c1CCCC2)[C@@H]1CCCN(C(=O)O)C1. The molecule has 0 spiro atoms. The van der Waals surface area contributed by atoms with Crippen LogP contribution in [0, 0.1) is 0 Å². The van der Waals surface area contributed by atoms with Crippen LogP contribution in [-0.4, -0.2) is 52.5 Å². The Labute approximate surface area is 135 Å². The largest absolute Gasteiger partial charge is 0.465 e. The van der Waals surface area contributed by atoms with E-state index in [1.807, 2.05) is 7.05 Å². The Morgan fingerprint density at radius 1 is 1.27 bits per heavy atom. The molecule has 1 fully saturated rings. The van der Waals surface area contributed by atoms with Crippen LogP contribution in [0.4, 0.5) is 10.6 Å². The Bertz CT molecular complexity index is 581. The van der Waals surface area contributed by atoms with Gasteiger partial charge < -0.3 is 14.9 Å². The summed E-state index contributed by atoms with van der Waals surface area (Å²) in [6, 6.07) is 0.145. The average molecular weight is 325 g/mol. The molecule has 1 aliphatic heterocycles. The fraction of sp³-hybridized carbons (Fsp3) is 0.667. The molecule has 1 aromatic heterocycles. The first-order valence-corrected chi connectivity index (χ1v) is 8.20. The number of likely N-dealkylation sites (N-methyl/N-ethyl adjacent to an activating group) is 1. The van der Waals surface area contributed by atoms with Crippen LogP contribution in [0.2, 0.25) is 5.15 Å². The zero-order valence-electron chi connectivity index (χ0n) is 12.8. The Morgan fingerprint density at radius 2 is 2.00 bits per heavy atom. The lowest BCUT2D eigenvalue weighted by atomic mass is 9.93. The maximum atomic E-state index is 11.2. The fourth-order valence-electron chi connectivity index (χ4n) is 3.49. The van der Waals surface area contributed by atoms with Crippen molar-refractivity contribution in [3.05, 3.63) is 16.3 Å². The van der Waals surface area contributed by atoms with E-state index in [9.17, 15) is 9.90 Å². The number of rotatable bonds is 2. The number of likely N-dealkylation sites (tertiary alicyclic amines) is 1. The molecular weight excluding hydrogens is 304 g/mol. The molecule has 1 N–H and O–H groups in total. The van der Waals surface area contributed by atoms with Crippen LogP contribution in [0.1, 0.15) is 36.8 Å². The first-order valence-electron chi connectivity index (χ1n) is 7.82. The summed E-state index contributed by atoms with van der Waals surface area (Å²) in [5.41, 5.74) is 2.32. The Hall–Kier alpha value is -1.56. The molecule has 0 saturated carbocycles. The highest BCUT2D eigenvalue weighted by Gasteiger charge is 2.29. The van der Waals surface area contributed by atoms with E-state index in [-0.39, 0.29) is 6.04 Å². The number of anilines is 1. The van der Waals surface area contributed by atoms with Gasteiger partial charge in [0.05, 0.1) is 0 Å². The van der Waals surface area contributed by atoms with Crippen molar-refractivity contribution in [2.45, 2.75) is 44.6 Å². The summed E-state index contributed by atoms with van der Waals surface area (Å²) >= 11 is 6.19. The monoisotopic (exact) mass is 324 g/mol. The fourth-order valence-corrected chi connectivity index (χ4v) is 3.74. The van der Waals surface area contributed by atoms with Gasteiger partial charge in [0.25, 0.3) is 0 Å². The van der Waals surface area contributed by atoms with E-state index in [1.165, 1.54) is 10.5 Å². The second-order valence-electron chi connectivity index (χ2n) is 6.11. The van der Waals surface area contributed by atoms with E-state index in [4.69, 9.17) is 11.6 Å². The smallest absolute Gasteiger partial charge is 0.407 e. The summed E-state index contributed by atoms with van der Waals surface area (Å²) in [5, 5.41) is 18.1. The van der Waals surface area contributed by atoms with Crippen LogP contribution < -0.4 is 4.90 Å². The van der Waals surface area contributed by atoms with E-state index in [0.717, 1.165) is 49.9 Å². The van der Waals surface area contributed by atoms with Gasteiger partial charge in [-0.15, -0.1) is 10.2 Å². The first kappa shape index (κ1) is 15.3. The molecule has 7 heteroatoms. The van der Waals surface area contributed by atoms with Crippen molar-refractivity contribution in [1.29, 1.82) is 0 Å². The van der Waals surface area contributed by atoms with Crippen molar-refractivity contribution in [3.8, 4) is 0 Å². The van der Waals surface area contributed by atoms with E-state index >= 15 is 0 Å². The molecule has 0 bridgehead atoms. The number of nitrogens with zero attached hydrogens (tertiary/aromatic N) is 4. The molecule has 1 aromatic rings. The lowest BCUT2D eigenvalue weighted by molar-refractivity contribution is 0.130. The average Bonchev–Trinajstić information content (AvgIpc) is 2.55. The van der Waals surface area contributed by atoms with E-state index in [1.54, 1.807) is 0 Å². The van der Waals surface area contributed by atoms with E-state index in [2.05, 4.69) is 15.1 Å². The van der Waals surface area contributed by atoms with Gasteiger partial charge in [-0.25, -0.2) is 4.79 Å². The molecule has 0 radical (unpaired) electrons. The normalized spacial score (nSPS) is 21.4. The van der Waals surface area contributed by atoms with Crippen molar-refractivity contribution in [2.24, 2.45) is 0 Å². The number of hydrogen-bond donors (Lipinski definition) is 1. The lowest BCUT2D eigenvalue weighted by Crippen LogP contribution is -2.49. The topological polar surface area (TPSA) is 69.6 Å². The van der Waals surface area contributed by atoms with Gasteiger partial charge >= 0.3 is 6.09 Å². The second kappa shape index (κ2) is 6.28. The molecule has 120 valence electrons. The molecule has 1 aliphatic carbocycles. The summed E-state index contributed by atoms with van der Waals surface area (Å²) in [7, 11) is 1.99. The van der Waals surface area contributed by atoms with Crippen molar-refractivity contribution in [3.63, 3.8) is 0 Å². The predicted octanol–water partition coefficient (Wildman–Crippen LogP) is 2.59. The van der Waals surface area contributed by atoms with Gasteiger partial charge in [0.15, 0.2) is 11.0 Å². The van der Waals surface area contributed by atoms with Gasteiger partial charge in [0.2, 0.25) is 0 Å². The van der Waals surface area contributed by atoms with Crippen LogP contribution in [0.25, 0.3) is 0 Å². The molecule has 0 aromatic carbocycles. The number of carbonyl (C=O) groups is 1. The number of amides is 1. The highest BCUT2D eigenvalue weighted by molar-refractivity contribution is 6.30. The number of aromatic nitrogens is 2. The Kier molecular flexibility index (Phi) is 4.38. The van der Waals surface area contributed by atoms with Crippen LogP contribution in [0.15, 0.2) is 0 Å². The van der Waals surface area contributed by atoms with Gasteiger partial charge in [-0.3, -0.25) is 0 Å². The number of piperidine rings is 1. The second-order valence-corrected chi connectivity index (χ2v) is 6.47. The molecule has 1 atom stereocenters. The standard InChI is InChI=1S/C15H21ClN4O2/c1-19(10-5-4-8-20(9-10)15(21)22)14-12-7-3-2-6-11(12)13(16)17-18-14/h10H,2-9H2,1H3,(H,21,22)/t10-/m1/s1. The molecular formula is C15H21ClN4O2. The lowest BCUT2D eigenvalue weighted by Gasteiger charge is -2.38. The molecule has 22 heavy (non-hydrogen) atoms. The van der Waals surface area contributed by atoms with Gasteiger partial charge in [-0.1, -0.05) is 11.6 Å². The third kappa shape index (κ3) is 2.84. The van der Waals surface area contributed by atoms with Crippen molar-refractivity contribution in [2.75, 3.05) is 25.0 Å². The van der Waals surface area contributed by atoms with Crippen LogP contribution >= 0.6 is 11.6 Å². The quantitative estimate of drug-likeness (QED) is 0.905. The third-order valence-corrected chi connectivity index (χ3v) is 5.07. The number of fused-ring (bicyclic) bond motifs is 1. The van der Waals surface area contributed by atoms with Crippen molar-refractivity contribution < 1.29 is 9.90 Å². The van der Waals surface area contributed by atoms with Gasteiger partial charge in [-0.05, 0) is 44.1 Å². The molecule has 1 amide bonds. The minimum absolute atomic E-state index is 0.145.